The number of rotatable bonds is 3. The van der Waals surface area contributed by atoms with Crippen molar-refractivity contribution in [3.8, 4) is 5.75 Å². The van der Waals surface area contributed by atoms with Gasteiger partial charge in [-0.25, -0.2) is 9.59 Å². The van der Waals surface area contributed by atoms with Crippen molar-refractivity contribution in [3.05, 3.63) is 65.2 Å². The molecule has 0 spiro atoms. The zero-order chi connectivity index (χ0) is 13.9. The lowest BCUT2D eigenvalue weighted by molar-refractivity contribution is 0.0717. The number of hydrogen-bond donors (Lipinski definition) is 0. The van der Waals surface area contributed by atoms with E-state index in [1.165, 1.54) is 0 Å². The van der Waals surface area contributed by atoms with Gasteiger partial charge in [-0.2, -0.15) is 0 Å². The summed E-state index contributed by atoms with van der Waals surface area (Å²) in [5, 5.41) is 0. The smallest absolute Gasteiger partial charge is 0.345 e. The Morgan fingerprint density at radius 2 is 1.85 bits per heavy atom. The minimum Gasteiger partial charge on any atom is -0.489 e. The van der Waals surface area contributed by atoms with Crippen LogP contribution in [0.2, 0.25) is 0 Å². The number of benzene rings is 2. The molecular weight excluding hydrogens is 256 g/mol. The highest BCUT2D eigenvalue weighted by Crippen LogP contribution is 2.30. The molecule has 2 aromatic rings. The fourth-order valence-corrected chi connectivity index (χ4v) is 2.00. The molecule has 2 aromatic carbocycles. The topological polar surface area (TPSA) is 52.6 Å². The number of carbonyl (C=O) groups is 1. The Hall–Kier alpha value is -2.84. The summed E-state index contributed by atoms with van der Waals surface area (Å²) < 4.78 is 10.4. The maximum absolute atomic E-state index is 11.6. The van der Waals surface area contributed by atoms with E-state index in [1.807, 2.05) is 30.3 Å². The van der Waals surface area contributed by atoms with Gasteiger partial charge in [0.05, 0.1) is 5.56 Å². The van der Waals surface area contributed by atoms with Crippen LogP contribution in [0.3, 0.4) is 0 Å². The van der Waals surface area contributed by atoms with Crippen LogP contribution in [0.25, 0.3) is 5.76 Å². The first kappa shape index (κ1) is 12.2. The Morgan fingerprint density at radius 3 is 2.60 bits per heavy atom. The van der Waals surface area contributed by atoms with Gasteiger partial charge in [-0.15, -0.1) is 0 Å². The van der Waals surface area contributed by atoms with E-state index in [-0.39, 0.29) is 5.76 Å². The number of ether oxygens (including phenoxy) is 2. The van der Waals surface area contributed by atoms with Crippen molar-refractivity contribution in [3.63, 3.8) is 0 Å². The molecule has 1 heterocycles. The zero-order valence-corrected chi connectivity index (χ0v) is 10.5. The standard InChI is InChI=1S/C16H10O4/c17-9-15-13-7-6-12(8-14(13)16(18)20-15)19-10-11-4-2-1-3-5-11/h1-8H,10H2. The molecule has 0 aromatic heterocycles. The van der Waals surface area contributed by atoms with Crippen molar-refractivity contribution in [2.75, 3.05) is 0 Å². The van der Waals surface area contributed by atoms with Crippen molar-refractivity contribution in [2.24, 2.45) is 0 Å². The second-order valence-electron chi connectivity index (χ2n) is 4.30. The average Bonchev–Trinajstić information content (AvgIpc) is 2.82. The van der Waals surface area contributed by atoms with Crippen molar-refractivity contribution in [2.45, 2.75) is 6.61 Å². The molecule has 0 radical (unpaired) electrons. The lowest BCUT2D eigenvalue weighted by Crippen LogP contribution is -1.98. The number of esters is 1. The average molecular weight is 266 g/mol. The Kier molecular flexibility index (Phi) is 3.07. The van der Waals surface area contributed by atoms with Crippen LogP contribution in [0.4, 0.5) is 0 Å². The van der Waals surface area contributed by atoms with Crippen molar-refractivity contribution < 1.29 is 19.1 Å². The molecule has 1 aliphatic rings. The van der Waals surface area contributed by atoms with Gasteiger partial charge >= 0.3 is 5.97 Å². The third-order valence-corrected chi connectivity index (χ3v) is 2.99. The monoisotopic (exact) mass is 266 g/mol. The van der Waals surface area contributed by atoms with Gasteiger partial charge in [-0.05, 0) is 23.8 Å². The maximum atomic E-state index is 11.6. The van der Waals surface area contributed by atoms with Crippen LogP contribution < -0.4 is 4.74 Å². The zero-order valence-electron chi connectivity index (χ0n) is 10.5. The molecule has 1 aliphatic heterocycles. The normalized spacial score (nSPS) is 12.6. The Morgan fingerprint density at radius 1 is 1.05 bits per heavy atom. The third kappa shape index (κ3) is 2.20. The van der Waals surface area contributed by atoms with E-state index in [2.05, 4.69) is 0 Å². The summed E-state index contributed by atoms with van der Waals surface area (Å²) >= 11 is 0. The van der Waals surface area contributed by atoms with Gasteiger partial charge < -0.3 is 9.47 Å². The summed E-state index contributed by atoms with van der Waals surface area (Å²) in [6.07, 6.45) is 0. The fourth-order valence-electron chi connectivity index (χ4n) is 2.00. The van der Waals surface area contributed by atoms with Crippen LogP contribution in [0.15, 0.2) is 48.5 Å². The Balaban J connectivity index is 1.82. The highest BCUT2D eigenvalue weighted by Gasteiger charge is 2.27. The molecule has 0 saturated heterocycles. The van der Waals surface area contributed by atoms with Gasteiger partial charge in [0.2, 0.25) is 5.76 Å². The van der Waals surface area contributed by atoms with E-state index >= 15 is 0 Å². The SMILES string of the molecule is O=C=C1OC(=O)c2cc(OCc3ccccc3)ccc21. The van der Waals surface area contributed by atoms with Crippen LogP contribution in [-0.2, 0) is 16.1 Å². The van der Waals surface area contributed by atoms with E-state index in [1.54, 1.807) is 24.1 Å². The molecule has 0 saturated carbocycles. The minimum atomic E-state index is -0.552. The Bertz CT molecular complexity index is 713. The molecule has 20 heavy (non-hydrogen) atoms. The van der Waals surface area contributed by atoms with Crippen LogP contribution >= 0.6 is 0 Å². The van der Waals surface area contributed by atoms with E-state index in [0.29, 0.717) is 23.5 Å². The summed E-state index contributed by atoms with van der Waals surface area (Å²) in [6.45, 7) is 0.408. The lowest BCUT2D eigenvalue weighted by atomic mass is 10.1. The fraction of sp³-hybridized carbons (Fsp3) is 0.0625. The van der Waals surface area contributed by atoms with Crippen molar-refractivity contribution in [1.29, 1.82) is 0 Å². The quantitative estimate of drug-likeness (QED) is 0.633. The van der Waals surface area contributed by atoms with Crippen LogP contribution in [0.5, 0.6) is 5.75 Å². The predicted molar refractivity (Wildman–Crippen MR) is 71.7 cm³/mol. The molecular formula is C16H10O4. The molecule has 4 heteroatoms. The van der Waals surface area contributed by atoms with Gasteiger partial charge in [-0.3, -0.25) is 0 Å². The van der Waals surface area contributed by atoms with E-state index in [9.17, 15) is 9.59 Å². The van der Waals surface area contributed by atoms with Crippen molar-refractivity contribution >= 4 is 17.7 Å². The van der Waals surface area contributed by atoms with Gasteiger partial charge in [0, 0.05) is 5.56 Å². The summed E-state index contributed by atoms with van der Waals surface area (Å²) in [6, 6.07) is 14.6. The van der Waals surface area contributed by atoms with E-state index in [4.69, 9.17) is 9.47 Å². The number of hydrogen-bond acceptors (Lipinski definition) is 4. The Labute approximate surface area is 115 Å². The first-order valence-electron chi connectivity index (χ1n) is 6.06. The lowest BCUT2D eigenvalue weighted by Gasteiger charge is -2.06. The van der Waals surface area contributed by atoms with Crippen molar-refractivity contribution in [1.82, 2.24) is 0 Å². The van der Waals surface area contributed by atoms with Crippen LogP contribution in [0, 0.1) is 0 Å². The second kappa shape index (κ2) is 5.03. The number of carbonyl (C=O) groups excluding carboxylic acids is 2. The molecule has 98 valence electrons. The second-order valence-corrected chi connectivity index (χ2v) is 4.30. The summed E-state index contributed by atoms with van der Waals surface area (Å²) in [5.41, 5.74) is 1.81. The highest BCUT2D eigenvalue weighted by molar-refractivity contribution is 6.08. The molecule has 0 N–H and O–H groups in total. The number of cyclic esters (lactones) is 1. The highest BCUT2D eigenvalue weighted by atomic mass is 16.5. The first-order valence-corrected chi connectivity index (χ1v) is 6.06. The third-order valence-electron chi connectivity index (χ3n) is 2.99. The summed E-state index contributed by atoms with van der Waals surface area (Å²) in [7, 11) is 0. The van der Waals surface area contributed by atoms with Gasteiger partial charge in [0.25, 0.3) is 0 Å². The minimum absolute atomic E-state index is 0.0698. The summed E-state index contributed by atoms with van der Waals surface area (Å²) in [5.74, 6) is 1.54. The molecule has 3 rings (SSSR count). The first-order chi connectivity index (χ1) is 9.78. The van der Waals surface area contributed by atoms with Gasteiger partial charge in [0.15, 0.2) is 5.94 Å². The van der Waals surface area contributed by atoms with E-state index in [0.717, 1.165) is 5.56 Å². The number of fused-ring (bicyclic) bond motifs is 1. The van der Waals surface area contributed by atoms with Gasteiger partial charge in [0.1, 0.15) is 12.4 Å². The largest absolute Gasteiger partial charge is 0.489 e. The molecule has 0 aliphatic carbocycles. The molecule has 0 bridgehead atoms. The van der Waals surface area contributed by atoms with Crippen LogP contribution in [0.1, 0.15) is 21.5 Å². The molecule has 4 nitrogen and oxygen atoms in total. The molecule has 0 atom stereocenters. The predicted octanol–water partition coefficient (Wildman–Crippen LogP) is 2.61. The molecule has 0 fully saturated rings. The summed E-state index contributed by atoms with van der Waals surface area (Å²) in [4.78, 5) is 22.2. The van der Waals surface area contributed by atoms with Gasteiger partial charge in [-0.1, -0.05) is 30.3 Å². The van der Waals surface area contributed by atoms with Crippen LogP contribution in [-0.4, -0.2) is 11.9 Å². The molecule has 0 amide bonds. The maximum Gasteiger partial charge on any atom is 0.345 e. The molecule has 0 unspecified atom stereocenters. The van der Waals surface area contributed by atoms with E-state index < -0.39 is 5.97 Å².